The molecule has 12 heteroatoms. The maximum atomic E-state index is 12.3. The quantitative estimate of drug-likeness (QED) is 0.410. The first-order valence-electron chi connectivity index (χ1n) is 10.3. The van der Waals surface area contributed by atoms with Gasteiger partial charge in [0.1, 0.15) is 44.6 Å². The molecule has 2 aromatic rings. The maximum absolute atomic E-state index is 12.3. The van der Waals surface area contributed by atoms with E-state index in [4.69, 9.17) is 19.9 Å². The Balaban J connectivity index is 2.06. The number of nitrogens with two attached hydrogens (primary N) is 1. The number of carbonyl (C=O) groups is 2. The van der Waals surface area contributed by atoms with Crippen molar-refractivity contribution in [2.45, 2.75) is 51.6 Å². The van der Waals surface area contributed by atoms with Crippen molar-refractivity contribution in [2.24, 2.45) is 11.8 Å². The fourth-order valence-corrected chi connectivity index (χ4v) is 3.56. The number of aliphatic hydroxyl groups excluding tert-OH is 1. The van der Waals surface area contributed by atoms with Crippen LogP contribution in [0.2, 0.25) is 0 Å². The van der Waals surface area contributed by atoms with Crippen LogP contribution in [0.4, 0.5) is 5.82 Å². The number of aromatic nitrogens is 3. The Labute approximate surface area is 185 Å². The third kappa shape index (κ3) is 3.89. The number of fused-ring (bicyclic) bond motifs is 1. The molecule has 1 fully saturated rings. The minimum Gasteiger partial charge on any atom is -0.463 e. The van der Waals surface area contributed by atoms with E-state index in [9.17, 15) is 20.0 Å². The Kier molecular flexibility index (Phi) is 6.43. The number of carbonyl (C=O) groups excluding carboxylic acids is 2. The summed E-state index contributed by atoms with van der Waals surface area (Å²) in [4.78, 5) is 28.3. The van der Waals surface area contributed by atoms with E-state index >= 15 is 0 Å². The van der Waals surface area contributed by atoms with Crippen molar-refractivity contribution in [3.8, 4) is 6.07 Å². The van der Waals surface area contributed by atoms with Crippen molar-refractivity contribution in [1.29, 1.82) is 5.26 Å². The normalized spacial score (nSPS) is 25.2. The van der Waals surface area contributed by atoms with E-state index in [1.807, 2.05) is 6.07 Å². The number of aliphatic hydroxyl groups is 1. The molecule has 0 saturated carbocycles. The van der Waals surface area contributed by atoms with Gasteiger partial charge in [-0.25, -0.2) is 9.50 Å². The van der Waals surface area contributed by atoms with Crippen LogP contribution in [0, 0.1) is 23.2 Å². The van der Waals surface area contributed by atoms with Crippen molar-refractivity contribution in [3.05, 3.63) is 18.1 Å². The molecule has 3 rings (SSSR count). The molecule has 11 nitrogen and oxygen atoms in total. The number of hydrogen-bond donors (Lipinski definition) is 2. The number of nitrogen functional groups attached to an aromatic ring is 1. The van der Waals surface area contributed by atoms with Gasteiger partial charge in [-0.3, -0.25) is 9.59 Å². The maximum Gasteiger partial charge on any atom is 0.308 e. The number of rotatable bonds is 6. The van der Waals surface area contributed by atoms with E-state index in [-0.39, 0.29) is 18.1 Å². The molecule has 0 radical (unpaired) electrons. The molecule has 170 valence electrons. The van der Waals surface area contributed by atoms with Gasteiger partial charge >= 0.3 is 11.9 Å². The average molecular weight is 443 g/mol. The lowest BCUT2D eigenvalue weighted by Gasteiger charge is -2.25. The van der Waals surface area contributed by atoms with Crippen LogP contribution >= 0.6 is 0 Å². The summed E-state index contributed by atoms with van der Waals surface area (Å²) < 4.78 is 18.1. The van der Waals surface area contributed by atoms with E-state index in [0.717, 1.165) is 0 Å². The van der Waals surface area contributed by atoms with Crippen LogP contribution in [-0.2, 0) is 29.4 Å². The summed E-state index contributed by atoms with van der Waals surface area (Å²) in [6.07, 6.45) is -2.71. The number of hydrogen-bond acceptors (Lipinski definition) is 10. The molecule has 0 bridgehead atoms. The third-order valence-corrected chi connectivity index (χ3v) is 5.34. The van der Waals surface area contributed by atoms with Gasteiger partial charge in [0.25, 0.3) is 0 Å². The van der Waals surface area contributed by atoms with Crippen molar-refractivity contribution >= 4 is 36.6 Å². The van der Waals surface area contributed by atoms with Crippen LogP contribution in [-0.4, -0.2) is 64.4 Å². The molecule has 0 aliphatic carbocycles. The fourth-order valence-electron chi connectivity index (χ4n) is 3.56. The smallest absolute Gasteiger partial charge is 0.308 e. The summed E-state index contributed by atoms with van der Waals surface area (Å²) in [7, 11) is 1.75. The Bertz CT molecular complexity index is 1080. The monoisotopic (exact) mass is 443 g/mol. The van der Waals surface area contributed by atoms with Gasteiger partial charge < -0.3 is 25.1 Å². The number of nitrogens with zero attached hydrogens (tertiary/aromatic N) is 4. The zero-order valence-corrected chi connectivity index (χ0v) is 18.6. The van der Waals surface area contributed by atoms with E-state index in [1.54, 1.807) is 41.6 Å². The van der Waals surface area contributed by atoms with Crippen LogP contribution < -0.4 is 11.2 Å². The Morgan fingerprint density at radius 1 is 1.38 bits per heavy atom. The molecule has 4 atom stereocenters. The predicted molar refractivity (Wildman–Crippen MR) is 114 cm³/mol. The summed E-state index contributed by atoms with van der Waals surface area (Å²) in [5.41, 5.74) is 5.31. The van der Waals surface area contributed by atoms with Gasteiger partial charge in [0.2, 0.25) is 5.60 Å². The molecular weight excluding hydrogens is 417 g/mol. The van der Waals surface area contributed by atoms with Gasteiger partial charge in [-0.1, -0.05) is 33.2 Å². The number of anilines is 1. The van der Waals surface area contributed by atoms with Crippen molar-refractivity contribution in [1.82, 2.24) is 14.6 Å². The first-order valence-corrected chi connectivity index (χ1v) is 10.3. The first kappa shape index (κ1) is 23.5. The summed E-state index contributed by atoms with van der Waals surface area (Å²) in [5.74, 6) is -1.77. The lowest BCUT2D eigenvalue weighted by Crippen LogP contribution is -2.43. The van der Waals surface area contributed by atoms with E-state index in [2.05, 4.69) is 10.1 Å². The van der Waals surface area contributed by atoms with Gasteiger partial charge in [0.05, 0.1) is 17.5 Å². The van der Waals surface area contributed by atoms with Crippen LogP contribution in [0.1, 0.15) is 33.4 Å². The summed E-state index contributed by atoms with van der Waals surface area (Å²) in [6, 6.07) is 3.62. The second kappa shape index (κ2) is 8.76. The Hall–Kier alpha value is -3.17. The van der Waals surface area contributed by atoms with Crippen molar-refractivity contribution in [2.75, 3.05) is 12.3 Å². The van der Waals surface area contributed by atoms with Gasteiger partial charge in [0.15, 0.2) is 11.9 Å². The number of ether oxygens (including phenoxy) is 3. The topological polar surface area (TPSA) is 162 Å². The SMILES string of the molecule is Bc1cc([C@]2(C#N)O[C@H](COC(=O)C(C)C)[C@@H](OC(=O)C(C)C)[C@H]2O)n2ncnc(N)c12. The molecule has 0 amide bonds. The molecular formula is C20H26BN5O6. The molecule has 1 aliphatic heterocycles. The minimum absolute atomic E-state index is 0.189. The first-order chi connectivity index (χ1) is 15.0. The van der Waals surface area contributed by atoms with Crippen molar-refractivity contribution < 1.29 is 28.9 Å². The van der Waals surface area contributed by atoms with Crippen LogP contribution in [0.3, 0.4) is 0 Å². The highest BCUT2D eigenvalue weighted by Gasteiger charge is 2.60. The molecule has 3 heterocycles. The lowest BCUT2D eigenvalue weighted by atomic mass is 9.90. The number of esters is 2. The van der Waals surface area contributed by atoms with E-state index < -0.39 is 47.7 Å². The molecule has 1 aliphatic rings. The van der Waals surface area contributed by atoms with E-state index in [0.29, 0.717) is 11.0 Å². The third-order valence-electron chi connectivity index (χ3n) is 5.34. The molecule has 0 unspecified atom stereocenters. The van der Waals surface area contributed by atoms with Gasteiger partial charge in [-0.15, -0.1) is 0 Å². The van der Waals surface area contributed by atoms with Crippen LogP contribution in [0.25, 0.3) is 5.52 Å². The second-order valence-corrected chi connectivity index (χ2v) is 8.41. The molecule has 0 spiro atoms. The highest BCUT2D eigenvalue weighted by Crippen LogP contribution is 2.41. The summed E-state index contributed by atoms with van der Waals surface area (Å²) in [5, 5.41) is 25.5. The van der Waals surface area contributed by atoms with Gasteiger partial charge in [0, 0.05) is 0 Å². The highest BCUT2D eigenvalue weighted by atomic mass is 16.6. The summed E-state index contributed by atoms with van der Waals surface area (Å²) >= 11 is 0. The predicted octanol–water partition coefficient (Wildman–Crippen LogP) is -1.18. The molecule has 32 heavy (non-hydrogen) atoms. The molecule has 2 aromatic heterocycles. The lowest BCUT2D eigenvalue weighted by molar-refractivity contribution is -0.164. The van der Waals surface area contributed by atoms with Gasteiger partial charge in [-0.05, 0) is 6.07 Å². The zero-order valence-electron chi connectivity index (χ0n) is 18.6. The highest BCUT2D eigenvalue weighted by molar-refractivity contribution is 6.37. The minimum atomic E-state index is -1.96. The standard InChI is InChI=1S/C20H26BN5O6/c1-9(2)18(28)30-6-12-15(31-19(29)10(3)4)16(27)20(7-22,32-12)13-5-11(21)14-17(23)24-8-25-26(13)14/h5,8-10,12,15-16,27H,6,21H2,1-4H3,(H2,23,24,25)/t12-,15-,16-,20+/m1/s1. The largest absolute Gasteiger partial charge is 0.463 e. The fraction of sp³-hybridized carbons (Fsp3) is 0.550. The van der Waals surface area contributed by atoms with Gasteiger partial charge in [-0.2, -0.15) is 10.4 Å². The summed E-state index contributed by atoms with van der Waals surface area (Å²) in [6.45, 7) is 6.30. The zero-order chi connectivity index (χ0) is 23.8. The molecule has 0 aromatic carbocycles. The van der Waals surface area contributed by atoms with Crippen LogP contribution in [0.15, 0.2) is 12.4 Å². The molecule has 3 N–H and O–H groups in total. The van der Waals surface area contributed by atoms with E-state index in [1.165, 1.54) is 10.8 Å². The van der Waals surface area contributed by atoms with Crippen molar-refractivity contribution in [3.63, 3.8) is 0 Å². The Morgan fingerprint density at radius 3 is 2.62 bits per heavy atom. The Morgan fingerprint density at radius 2 is 2.03 bits per heavy atom. The average Bonchev–Trinajstić information content (AvgIpc) is 3.22. The molecule has 1 saturated heterocycles. The second-order valence-electron chi connectivity index (χ2n) is 8.41. The number of nitriles is 1. The van der Waals surface area contributed by atoms with Crippen LogP contribution in [0.5, 0.6) is 0 Å².